The molecule has 1 saturated carbocycles. The fourth-order valence-corrected chi connectivity index (χ4v) is 3.92. The molecule has 1 aromatic carbocycles. The first kappa shape index (κ1) is 15.2. The fraction of sp³-hybridized carbons (Fsp3) is 0.556. The van der Waals surface area contributed by atoms with Crippen molar-refractivity contribution in [1.82, 2.24) is 4.90 Å². The van der Waals surface area contributed by atoms with Crippen LogP contribution in [0.15, 0.2) is 30.3 Å². The van der Waals surface area contributed by atoms with Gasteiger partial charge < -0.3 is 4.74 Å². The number of Topliss-reactive ketones (excluding diaryl/α,β-unsaturated/α-hetero) is 1. The maximum atomic E-state index is 12.2. The van der Waals surface area contributed by atoms with E-state index in [-0.39, 0.29) is 17.8 Å². The van der Waals surface area contributed by atoms with Crippen LogP contribution in [0.1, 0.15) is 31.2 Å². The molecule has 118 valence electrons. The standard InChI is InChI=1S/C18H23NO3/c1-22-18(21)9-14-12-19(11-13-5-3-2-4-6-13)15-7-8-17(20)16(14)10-15/h2-6,14-16H,7-12H2,1H3/t14-,15?,16?/m1/s1. The topological polar surface area (TPSA) is 46.6 Å². The molecule has 2 bridgehead atoms. The predicted molar refractivity (Wildman–Crippen MR) is 83.1 cm³/mol. The van der Waals surface area contributed by atoms with Crippen LogP contribution in [0.5, 0.6) is 0 Å². The molecule has 2 unspecified atom stereocenters. The fourth-order valence-electron chi connectivity index (χ4n) is 3.92. The molecule has 3 atom stereocenters. The van der Waals surface area contributed by atoms with Crippen LogP contribution in [0.4, 0.5) is 0 Å². The third kappa shape index (κ3) is 3.22. The van der Waals surface area contributed by atoms with Crippen molar-refractivity contribution >= 4 is 11.8 Å². The molecule has 0 spiro atoms. The van der Waals surface area contributed by atoms with Gasteiger partial charge in [0, 0.05) is 31.5 Å². The Kier molecular flexibility index (Phi) is 4.57. The summed E-state index contributed by atoms with van der Waals surface area (Å²) in [5.74, 6) is 0.274. The molecule has 1 aliphatic heterocycles. The molecule has 0 radical (unpaired) electrons. The lowest BCUT2D eigenvalue weighted by molar-refractivity contribution is -0.145. The molecule has 1 saturated heterocycles. The first-order valence-electron chi connectivity index (χ1n) is 8.05. The van der Waals surface area contributed by atoms with E-state index in [0.29, 0.717) is 24.7 Å². The van der Waals surface area contributed by atoms with Crippen molar-refractivity contribution in [3.8, 4) is 0 Å². The van der Waals surface area contributed by atoms with E-state index in [2.05, 4.69) is 29.2 Å². The highest BCUT2D eigenvalue weighted by Gasteiger charge is 2.42. The normalized spacial score (nSPS) is 28.4. The number of ether oxygens (including phenoxy) is 1. The molecule has 0 N–H and O–H groups in total. The first-order chi connectivity index (χ1) is 10.7. The second-order valence-electron chi connectivity index (χ2n) is 6.46. The number of carbonyl (C=O) groups excluding carboxylic acids is 2. The molecule has 3 rings (SSSR count). The van der Waals surface area contributed by atoms with Crippen molar-refractivity contribution in [3.63, 3.8) is 0 Å². The van der Waals surface area contributed by atoms with Gasteiger partial charge in [-0.15, -0.1) is 0 Å². The summed E-state index contributed by atoms with van der Waals surface area (Å²) >= 11 is 0. The number of fused-ring (bicyclic) bond motifs is 2. The number of hydrogen-bond donors (Lipinski definition) is 0. The molecule has 4 heteroatoms. The SMILES string of the molecule is COC(=O)C[C@@H]1CN(Cc2ccccc2)C2CCC(=O)C1C2. The Bertz CT molecular complexity index is 543. The number of rotatable bonds is 4. The van der Waals surface area contributed by atoms with E-state index in [1.54, 1.807) is 0 Å². The highest BCUT2D eigenvalue weighted by molar-refractivity contribution is 5.83. The van der Waals surface area contributed by atoms with E-state index < -0.39 is 0 Å². The monoisotopic (exact) mass is 301 g/mol. The number of likely N-dealkylation sites (tertiary alicyclic amines) is 1. The third-order valence-corrected chi connectivity index (χ3v) is 5.10. The molecule has 1 aliphatic carbocycles. The zero-order chi connectivity index (χ0) is 15.5. The summed E-state index contributed by atoms with van der Waals surface area (Å²) in [6.07, 6.45) is 2.85. The van der Waals surface area contributed by atoms with Crippen LogP contribution >= 0.6 is 0 Å². The van der Waals surface area contributed by atoms with Crippen LogP contribution in [0, 0.1) is 11.8 Å². The predicted octanol–water partition coefficient (Wildman–Crippen LogP) is 2.42. The Morgan fingerprint density at radius 3 is 2.82 bits per heavy atom. The molecule has 1 heterocycles. The number of piperidine rings is 1. The lowest BCUT2D eigenvalue weighted by Gasteiger charge is -2.46. The summed E-state index contributed by atoms with van der Waals surface area (Å²) in [6.45, 7) is 1.70. The molecule has 2 fully saturated rings. The highest BCUT2D eigenvalue weighted by atomic mass is 16.5. The lowest BCUT2D eigenvalue weighted by Crippen LogP contribution is -2.52. The van der Waals surface area contributed by atoms with Crippen molar-refractivity contribution < 1.29 is 14.3 Å². The van der Waals surface area contributed by atoms with E-state index in [9.17, 15) is 9.59 Å². The Morgan fingerprint density at radius 1 is 1.32 bits per heavy atom. The number of ketones is 1. The Labute approximate surface area is 131 Å². The van der Waals surface area contributed by atoms with Crippen molar-refractivity contribution in [2.75, 3.05) is 13.7 Å². The minimum Gasteiger partial charge on any atom is -0.469 e. The number of esters is 1. The number of nitrogens with zero attached hydrogens (tertiary/aromatic N) is 1. The first-order valence-corrected chi connectivity index (χ1v) is 8.05. The minimum absolute atomic E-state index is 0.0462. The average molecular weight is 301 g/mol. The average Bonchev–Trinajstić information content (AvgIpc) is 2.54. The Hall–Kier alpha value is -1.68. The van der Waals surface area contributed by atoms with E-state index >= 15 is 0 Å². The van der Waals surface area contributed by atoms with Crippen LogP contribution < -0.4 is 0 Å². The second kappa shape index (κ2) is 6.61. The van der Waals surface area contributed by atoms with Crippen molar-refractivity contribution in [2.45, 2.75) is 38.3 Å². The van der Waals surface area contributed by atoms with Gasteiger partial charge in [-0.05, 0) is 24.3 Å². The van der Waals surface area contributed by atoms with Crippen LogP contribution in [-0.2, 0) is 20.9 Å². The van der Waals surface area contributed by atoms with Gasteiger partial charge in [-0.3, -0.25) is 14.5 Å². The zero-order valence-corrected chi connectivity index (χ0v) is 13.0. The lowest BCUT2D eigenvalue weighted by atomic mass is 9.71. The van der Waals surface area contributed by atoms with Crippen LogP contribution in [0.25, 0.3) is 0 Å². The summed E-state index contributed by atoms with van der Waals surface area (Å²) in [7, 11) is 1.42. The highest BCUT2D eigenvalue weighted by Crippen LogP contribution is 2.38. The number of hydrogen-bond acceptors (Lipinski definition) is 4. The van der Waals surface area contributed by atoms with Crippen molar-refractivity contribution in [1.29, 1.82) is 0 Å². The summed E-state index contributed by atoms with van der Waals surface area (Å²) in [5.41, 5.74) is 1.29. The summed E-state index contributed by atoms with van der Waals surface area (Å²) in [4.78, 5) is 26.3. The Morgan fingerprint density at radius 2 is 2.09 bits per heavy atom. The summed E-state index contributed by atoms with van der Waals surface area (Å²) < 4.78 is 4.81. The van der Waals surface area contributed by atoms with E-state index in [1.165, 1.54) is 12.7 Å². The van der Waals surface area contributed by atoms with E-state index in [1.807, 2.05) is 6.07 Å². The van der Waals surface area contributed by atoms with Gasteiger partial charge in [-0.1, -0.05) is 30.3 Å². The largest absolute Gasteiger partial charge is 0.469 e. The smallest absolute Gasteiger partial charge is 0.305 e. The second-order valence-corrected chi connectivity index (χ2v) is 6.46. The third-order valence-electron chi connectivity index (χ3n) is 5.10. The van der Waals surface area contributed by atoms with Crippen molar-refractivity contribution in [2.24, 2.45) is 11.8 Å². The van der Waals surface area contributed by atoms with Gasteiger partial charge in [0.1, 0.15) is 5.78 Å². The van der Waals surface area contributed by atoms with Crippen molar-refractivity contribution in [3.05, 3.63) is 35.9 Å². The maximum absolute atomic E-state index is 12.2. The van der Waals surface area contributed by atoms with Gasteiger partial charge in [0.15, 0.2) is 0 Å². The van der Waals surface area contributed by atoms with Gasteiger partial charge in [0.25, 0.3) is 0 Å². The van der Waals surface area contributed by atoms with Gasteiger partial charge in [-0.2, -0.15) is 0 Å². The van der Waals surface area contributed by atoms with Gasteiger partial charge >= 0.3 is 5.97 Å². The summed E-state index contributed by atoms with van der Waals surface area (Å²) in [6, 6.07) is 10.9. The van der Waals surface area contributed by atoms with Crippen LogP contribution in [-0.4, -0.2) is 36.3 Å². The summed E-state index contributed by atoms with van der Waals surface area (Å²) in [5, 5.41) is 0. The van der Waals surface area contributed by atoms with E-state index in [4.69, 9.17) is 4.74 Å². The molecular formula is C18H23NO3. The van der Waals surface area contributed by atoms with E-state index in [0.717, 1.165) is 25.9 Å². The molecule has 1 aromatic rings. The zero-order valence-electron chi connectivity index (χ0n) is 13.0. The molecular weight excluding hydrogens is 278 g/mol. The molecule has 2 aliphatic rings. The molecule has 4 nitrogen and oxygen atoms in total. The van der Waals surface area contributed by atoms with Crippen LogP contribution in [0.3, 0.4) is 0 Å². The number of carbonyl (C=O) groups is 2. The Balaban J connectivity index is 1.74. The van der Waals surface area contributed by atoms with Gasteiger partial charge in [0.2, 0.25) is 0 Å². The van der Waals surface area contributed by atoms with Gasteiger partial charge in [-0.25, -0.2) is 0 Å². The minimum atomic E-state index is -0.207. The maximum Gasteiger partial charge on any atom is 0.305 e. The van der Waals surface area contributed by atoms with Gasteiger partial charge in [0.05, 0.1) is 13.5 Å². The molecule has 22 heavy (non-hydrogen) atoms. The number of benzene rings is 1. The number of methoxy groups -OCH3 is 1. The quantitative estimate of drug-likeness (QED) is 0.801. The molecule has 0 amide bonds. The molecule has 0 aromatic heterocycles. The van der Waals surface area contributed by atoms with Crippen LogP contribution in [0.2, 0.25) is 0 Å².